The van der Waals surface area contributed by atoms with Gasteiger partial charge in [-0.25, -0.2) is 0 Å². The van der Waals surface area contributed by atoms with Gasteiger partial charge in [0.2, 0.25) is 0 Å². The van der Waals surface area contributed by atoms with Crippen molar-refractivity contribution in [2.75, 3.05) is 0 Å². The molecule has 1 aromatic carbocycles. The molecule has 0 aliphatic carbocycles. The van der Waals surface area contributed by atoms with Gasteiger partial charge in [-0.3, -0.25) is 0 Å². The summed E-state index contributed by atoms with van der Waals surface area (Å²) in [6.45, 7) is 3.64. The van der Waals surface area contributed by atoms with Crippen molar-refractivity contribution in [3.63, 3.8) is 0 Å². The molecule has 1 nitrogen and oxygen atoms in total. The zero-order valence-corrected chi connectivity index (χ0v) is 11.2. The highest BCUT2D eigenvalue weighted by atomic mass is 19.4. The lowest BCUT2D eigenvalue weighted by molar-refractivity contribution is -0.137. The van der Waals surface area contributed by atoms with Gasteiger partial charge in [-0.2, -0.15) is 13.2 Å². The van der Waals surface area contributed by atoms with Gasteiger partial charge in [-0.1, -0.05) is 44.1 Å². The molecule has 1 unspecified atom stereocenters. The van der Waals surface area contributed by atoms with Gasteiger partial charge in [0.25, 0.3) is 0 Å². The molecule has 0 aromatic heterocycles. The van der Waals surface area contributed by atoms with Crippen molar-refractivity contribution in [2.45, 2.75) is 44.9 Å². The maximum atomic E-state index is 12.4. The highest BCUT2D eigenvalue weighted by Crippen LogP contribution is 2.31. The first-order valence-corrected chi connectivity index (χ1v) is 6.35. The van der Waals surface area contributed by atoms with Crippen LogP contribution in [0.2, 0.25) is 0 Å². The predicted octanol–water partition coefficient (Wildman–Crippen LogP) is 4.66. The fourth-order valence-corrected chi connectivity index (χ4v) is 1.73. The summed E-state index contributed by atoms with van der Waals surface area (Å²) in [5.41, 5.74) is -1.49. The standard InChI is InChI=1S/C15H19F3O/c1-3-4-5-6-11-14(2,19)12-7-9-13(10-8-12)15(16,17)18/h6-11,19H,3-5H2,1-2H3/b11-6+. The average molecular weight is 272 g/mol. The molecular formula is C15H19F3O. The Bertz CT molecular complexity index is 416. The molecule has 19 heavy (non-hydrogen) atoms. The first-order valence-electron chi connectivity index (χ1n) is 6.35. The van der Waals surface area contributed by atoms with Gasteiger partial charge in [0.05, 0.1) is 5.56 Å². The molecule has 0 aliphatic rings. The van der Waals surface area contributed by atoms with Gasteiger partial charge in [0, 0.05) is 0 Å². The summed E-state index contributed by atoms with van der Waals surface area (Å²) >= 11 is 0. The zero-order chi connectivity index (χ0) is 14.5. The second-order valence-electron chi connectivity index (χ2n) is 4.77. The van der Waals surface area contributed by atoms with Crippen LogP contribution >= 0.6 is 0 Å². The molecule has 1 atom stereocenters. The number of alkyl halides is 3. The van der Waals surface area contributed by atoms with E-state index in [1.165, 1.54) is 12.1 Å². The Hall–Kier alpha value is -1.29. The SMILES string of the molecule is CCCC/C=C/C(C)(O)c1ccc(C(F)(F)F)cc1. The van der Waals surface area contributed by atoms with E-state index in [-0.39, 0.29) is 0 Å². The van der Waals surface area contributed by atoms with E-state index in [0.29, 0.717) is 5.56 Å². The molecule has 0 spiro atoms. The van der Waals surface area contributed by atoms with Gasteiger partial charge in [0.1, 0.15) is 5.60 Å². The first-order chi connectivity index (χ1) is 8.77. The monoisotopic (exact) mass is 272 g/mol. The number of allylic oxidation sites excluding steroid dienone is 1. The second-order valence-corrected chi connectivity index (χ2v) is 4.77. The fraction of sp³-hybridized carbons (Fsp3) is 0.467. The molecule has 0 fully saturated rings. The van der Waals surface area contributed by atoms with Crippen molar-refractivity contribution in [1.29, 1.82) is 0 Å². The van der Waals surface area contributed by atoms with E-state index in [1.54, 1.807) is 13.0 Å². The van der Waals surface area contributed by atoms with E-state index in [1.807, 2.05) is 6.08 Å². The predicted molar refractivity (Wildman–Crippen MR) is 69.7 cm³/mol. The molecule has 0 saturated heterocycles. The van der Waals surface area contributed by atoms with Crippen LogP contribution in [0, 0.1) is 0 Å². The Kier molecular flexibility index (Phi) is 5.18. The smallest absolute Gasteiger partial charge is 0.381 e. The van der Waals surface area contributed by atoms with Gasteiger partial charge >= 0.3 is 6.18 Å². The van der Waals surface area contributed by atoms with Crippen LogP contribution in [0.1, 0.15) is 44.2 Å². The highest BCUT2D eigenvalue weighted by molar-refractivity contribution is 5.31. The maximum Gasteiger partial charge on any atom is 0.416 e. The van der Waals surface area contributed by atoms with Gasteiger partial charge in [0.15, 0.2) is 0 Å². The van der Waals surface area contributed by atoms with Crippen LogP contribution < -0.4 is 0 Å². The molecule has 1 aromatic rings. The maximum absolute atomic E-state index is 12.4. The van der Waals surface area contributed by atoms with Crippen LogP contribution in [0.15, 0.2) is 36.4 Å². The van der Waals surface area contributed by atoms with Crippen LogP contribution in [-0.2, 0) is 11.8 Å². The van der Waals surface area contributed by atoms with Gasteiger partial charge in [-0.15, -0.1) is 0 Å². The highest BCUT2D eigenvalue weighted by Gasteiger charge is 2.30. The number of hydrogen-bond donors (Lipinski definition) is 1. The third kappa shape index (κ3) is 4.71. The molecule has 0 amide bonds. The minimum Gasteiger partial charge on any atom is -0.381 e. The van der Waals surface area contributed by atoms with Gasteiger partial charge in [-0.05, 0) is 31.0 Å². The summed E-state index contributed by atoms with van der Waals surface area (Å²) in [7, 11) is 0. The Morgan fingerprint density at radius 3 is 2.11 bits per heavy atom. The summed E-state index contributed by atoms with van der Waals surface area (Å²) in [5.74, 6) is 0. The number of unbranched alkanes of at least 4 members (excludes halogenated alkanes) is 2. The largest absolute Gasteiger partial charge is 0.416 e. The molecule has 1 N–H and O–H groups in total. The molecule has 4 heteroatoms. The molecule has 106 valence electrons. The third-order valence-electron chi connectivity index (χ3n) is 2.96. The summed E-state index contributed by atoms with van der Waals surface area (Å²) in [6.07, 6.45) is 2.09. The second kappa shape index (κ2) is 6.24. The Labute approximate surface area is 111 Å². The lowest BCUT2D eigenvalue weighted by atomic mass is 9.94. The number of rotatable bonds is 5. The zero-order valence-electron chi connectivity index (χ0n) is 11.2. The van der Waals surface area contributed by atoms with E-state index in [0.717, 1.165) is 31.4 Å². The van der Waals surface area contributed by atoms with Crippen molar-refractivity contribution in [3.05, 3.63) is 47.5 Å². The lowest BCUT2D eigenvalue weighted by Crippen LogP contribution is -2.18. The molecule has 0 aliphatic heterocycles. The van der Waals surface area contributed by atoms with Crippen LogP contribution in [-0.4, -0.2) is 5.11 Å². The van der Waals surface area contributed by atoms with Crippen LogP contribution in [0.25, 0.3) is 0 Å². The van der Waals surface area contributed by atoms with Crippen LogP contribution in [0.3, 0.4) is 0 Å². The molecule has 1 rings (SSSR count). The number of halogens is 3. The summed E-state index contributed by atoms with van der Waals surface area (Å²) in [4.78, 5) is 0. The fourth-order valence-electron chi connectivity index (χ4n) is 1.73. The van der Waals surface area contributed by atoms with Crippen molar-refractivity contribution in [1.82, 2.24) is 0 Å². The van der Waals surface area contributed by atoms with Crippen molar-refractivity contribution < 1.29 is 18.3 Å². The lowest BCUT2D eigenvalue weighted by Gasteiger charge is -2.20. The Morgan fingerprint density at radius 2 is 1.63 bits per heavy atom. The molecule has 0 saturated carbocycles. The van der Waals surface area contributed by atoms with E-state index < -0.39 is 17.3 Å². The first kappa shape index (κ1) is 15.8. The summed E-state index contributed by atoms with van der Waals surface area (Å²) in [6, 6.07) is 4.60. The third-order valence-corrected chi connectivity index (χ3v) is 2.96. The number of aliphatic hydroxyl groups is 1. The molecule has 0 bridgehead atoms. The molecule has 0 heterocycles. The van der Waals surface area contributed by atoms with E-state index in [9.17, 15) is 18.3 Å². The molecular weight excluding hydrogens is 253 g/mol. The number of benzene rings is 1. The van der Waals surface area contributed by atoms with E-state index in [4.69, 9.17) is 0 Å². The average Bonchev–Trinajstić information content (AvgIpc) is 2.34. The minimum absolute atomic E-state index is 0.452. The normalized spacial score (nSPS) is 15.7. The van der Waals surface area contributed by atoms with Crippen molar-refractivity contribution >= 4 is 0 Å². The quantitative estimate of drug-likeness (QED) is 0.610. The Morgan fingerprint density at radius 1 is 1.11 bits per heavy atom. The topological polar surface area (TPSA) is 20.2 Å². The van der Waals surface area contributed by atoms with Gasteiger partial charge < -0.3 is 5.11 Å². The van der Waals surface area contributed by atoms with E-state index in [2.05, 4.69) is 6.92 Å². The summed E-state index contributed by atoms with van der Waals surface area (Å²) in [5, 5.41) is 10.2. The number of hydrogen-bond acceptors (Lipinski definition) is 1. The van der Waals surface area contributed by atoms with E-state index >= 15 is 0 Å². The van der Waals surface area contributed by atoms with Crippen molar-refractivity contribution in [2.24, 2.45) is 0 Å². The molecule has 0 radical (unpaired) electrons. The summed E-state index contributed by atoms with van der Waals surface area (Å²) < 4.78 is 37.3. The minimum atomic E-state index is -4.35. The van der Waals surface area contributed by atoms with Crippen LogP contribution in [0.5, 0.6) is 0 Å². The Balaban J connectivity index is 2.81. The van der Waals surface area contributed by atoms with Crippen LogP contribution in [0.4, 0.5) is 13.2 Å². The van der Waals surface area contributed by atoms with Crippen molar-refractivity contribution in [3.8, 4) is 0 Å².